The Bertz CT molecular complexity index is 420. The van der Waals surface area contributed by atoms with E-state index < -0.39 is 0 Å². The van der Waals surface area contributed by atoms with Crippen molar-refractivity contribution in [2.45, 2.75) is 39.4 Å². The third-order valence-electron chi connectivity index (χ3n) is 3.21. The van der Waals surface area contributed by atoms with Crippen molar-refractivity contribution in [2.24, 2.45) is 0 Å². The predicted molar refractivity (Wildman–Crippen MR) is 71.5 cm³/mol. The molecule has 18 heavy (non-hydrogen) atoms. The third-order valence-corrected chi connectivity index (χ3v) is 3.21. The van der Waals surface area contributed by atoms with Crippen molar-refractivity contribution in [3.8, 4) is 0 Å². The summed E-state index contributed by atoms with van der Waals surface area (Å²) in [5.41, 5.74) is 2.29. The molecule has 1 amide bonds. The maximum atomic E-state index is 12.2. The molecule has 0 bridgehead atoms. The number of hydrogen-bond acceptors (Lipinski definition) is 2. The molecule has 2 atom stereocenters. The van der Waals surface area contributed by atoms with E-state index in [1.54, 1.807) is 0 Å². The minimum absolute atomic E-state index is 0.134. The van der Waals surface area contributed by atoms with Crippen LogP contribution >= 0.6 is 0 Å². The summed E-state index contributed by atoms with van der Waals surface area (Å²) in [5, 5.41) is 0. The van der Waals surface area contributed by atoms with E-state index in [9.17, 15) is 4.79 Å². The topological polar surface area (TPSA) is 29.5 Å². The van der Waals surface area contributed by atoms with Gasteiger partial charge in [0, 0.05) is 13.1 Å². The zero-order valence-corrected chi connectivity index (χ0v) is 11.3. The van der Waals surface area contributed by atoms with Gasteiger partial charge in [0.1, 0.15) is 0 Å². The van der Waals surface area contributed by atoms with E-state index in [2.05, 4.69) is 6.07 Å². The van der Waals surface area contributed by atoms with E-state index in [0.29, 0.717) is 19.5 Å². The average Bonchev–Trinajstić information content (AvgIpc) is 2.27. The number of benzene rings is 1. The number of morpholine rings is 1. The van der Waals surface area contributed by atoms with Crippen molar-refractivity contribution < 1.29 is 9.53 Å². The van der Waals surface area contributed by atoms with Crippen molar-refractivity contribution in [1.29, 1.82) is 0 Å². The number of carbonyl (C=O) groups is 1. The van der Waals surface area contributed by atoms with Gasteiger partial charge in [0.15, 0.2) is 0 Å². The number of ether oxygens (including phenoxy) is 1. The maximum Gasteiger partial charge on any atom is 0.227 e. The summed E-state index contributed by atoms with van der Waals surface area (Å²) < 4.78 is 5.64. The van der Waals surface area contributed by atoms with Gasteiger partial charge in [-0.25, -0.2) is 0 Å². The third kappa shape index (κ3) is 3.33. The summed E-state index contributed by atoms with van der Waals surface area (Å²) in [7, 11) is 0. The molecule has 3 heteroatoms. The number of carbonyl (C=O) groups excluding carboxylic acids is 1. The molecule has 1 fully saturated rings. The predicted octanol–water partition coefficient (Wildman–Crippen LogP) is 2.17. The van der Waals surface area contributed by atoms with E-state index in [1.165, 1.54) is 5.56 Å². The minimum atomic E-state index is 0.134. The molecule has 0 N–H and O–H groups in total. The number of nitrogens with zero attached hydrogens (tertiary/aromatic N) is 1. The monoisotopic (exact) mass is 247 g/mol. The molecule has 0 radical (unpaired) electrons. The quantitative estimate of drug-likeness (QED) is 0.801. The van der Waals surface area contributed by atoms with Crippen LogP contribution in [-0.2, 0) is 16.0 Å². The fourth-order valence-corrected chi connectivity index (χ4v) is 2.49. The van der Waals surface area contributed by atoms with Gasteiger partial charge >= 0.3 is 0 Å². The Kier molecular flexibility index (Phi) is 4.02. The summed E-state index contributed by atoms with van der Waals surface area (Å²) in [6.07, 6.45) is 0.756. The molecule has 1 heterocycles. The fourth-order valence-electron chi connectivity index (χ4n) is 2.49. The highest BCUT2D eigenvalue weighted by Crippen LogP contribution is 2.13. The van der Waals surface area contributed by atoms with Crippen molar-refractivity contribution in [2.75, 3.05) is 13.1 Å². The van der Waals surface area contributed by atoms with E-state index in [-0.39, 0.29) is 18.1 Å². The Morgan fingerprint density at radius 2 is 2.00 bits per heavy atom. The molecule has 1 aromatic rings. The van der Waals surface area contributed by atoms with Gasteiger partial charge in [-0.2, -0.15) is 0 Å². The first-order chi connectivity index (χ1) is 8.54. The summed E-state index contributed by atoms with van der Waals surface area (Å²) in [6, 6.07) is 8.14. The zero-order valence-electron chi connectivity index (χ0n) is 11.3. The lowest BCUT2D eigenvalue weighted by atomic mass is 10.1. The number of rotatable bonds is 2. The van der Waals surface area contributed by atoms with Crippen LogP contribution in [0.5, 0.6) is 0 Å². The Labute approximate surface area is 109 Å². The van der Waals surface area contributed by atoms with Gasteiger partial charge in [0.2, 0.25) is 5.91 Å². The Morgan fingerprint density at radius 1 is 1.33 bits per heavy atom. The zero-order chi connectivity index (χ0) is 13.1. The SMILES string of the molecule is Cc1cccc(CC(=O)N2CC(C)OC(C)C2)c1. The van der Waals surface area contributed by atoms with Crippen molar-refractivity contribution in [3.63, 3.8) is 0 Å². The van der Waals surface area contributed by atoms with Crippen molar-refractivity contribution in [3.05, 3.63) is 35.4 Å². The standard InChI is InChI=1S/C15H21NO2/c1-11-5-4-6-14(7-11)8-15(17)16-9-12(2)18-13(3)10-16/h4-7,12-13H,8-10H2,1-3H3. The largest absolute Gasteiger partial charge is 0.372 e. The van der Waals surface area contributed by atoms with E-state index in [0.717, 1.165) is 5.56 Å². The molecule has 1 aromatic carbocycles. The lowest BCUT2D eigenvalue weighted by Crippen LogP contribution is -2.48. The fraction of sp³-hybridized carbons (Fsp3) is 0.533. The molecule has 1 aliphatic heterocycles. The molecule has 0 saturated carbocycles. The molecular weight excluding hydrogens is 226 g/mol. The molecule has 1 aliphatic rings. The molecule has 0 aromatic heterocycles. The van der Waals surface area contributed by atoms with Gasteiger partial charge < -0.3 is 9.64 Å². The number of amides is 1. The van der Waals surface area contributed by atoms with Gasteiger partial charge in [0.05, 0.1) is 18.6 Å². The van der Waals surface area contributed by atoms with Crippen LogP contribution in [0.3, 0.4) is 0 Å². The van der Waals surface area contributed by atoms with Gasteiger partial charge in [-0.1, -0.05) is 29.8 Å². The highest BCUT2D eigenvalue weighted by Gasteiger charge is 2.25. The van der Waals surface area contributed by atoms with E-state index >= 15 is 0 Å². The summed E-state index contributed by atoms with van der Waals surface area (Å²) in [4.78, 5) is 14.2. The number of aryl methyl sites for hydroxylation is 1. The summed E-state index contributed by atoms with van der Waals surface area (Å²) in [5.74, 6) is 0.197. The second kappa shape index (κ2) is 5.53. The van der Waals surface area contributed by atoms with Crippen molar-refractivity contribution in [1.82, 2.24) is 4.90 Å². The lowest BCUT2D eigenvalue weighted by molar-refractivity contribution is -0.142. The minimum Gasteiger partial charge on any atom is -0.372 e. The van der Waals surface area contributed by atoms with Crippen LogP contribution in [0.4, 0.5) is 0 Å². The molecule has 98 valence electrons. The van der Waals surface area contributed by atoms with Crippen LogP contribution in [-0.4, -0.2) is 36.1 Å². The van der Waals surface area contributed by atoms with Gasteiger partial charge in [-0.15, -0.1) is 0 Å². The first-order valence-electron chi connectivity index (χ1n) is 6.53. The van der Waals surface area contributed by atoms with E-state index in [1.807, 2.05) is 43.9 Å². The molecule has 0 spiro atoms. The Morgan fingerprint density at radius 3 is 2.61 bits per heavy atom. The Balaban J connectivity index is 1.99. The highest BCUT2D eigenvalue weighted by molar-refractivity contribution is 5.79. The molecular formula is C15H21NO2. The first-order valence-corrected chi connectivity index (χ1v) is 6.53. The van der Waals surface area contributed by atoms with Gasteiger partial charge in [-0.05, 0) is 26.3 Å². The first kappa shape index (κ1) is 13.1. The molecule has 1 saturated heterocycles. The lowest BCUT2D eigenvalue weighted by Gasteiger charge is -2.35. The van der Waals surface area contributed by atoms with Crippen LogP contribution in [0.2, 0.25) is 0 Å². The van der Waals surface area contributed by atoms with Gasteiger partial charge in [0.25, 0.3) is 0 Å². The smallest absolute Gasteiger partial charge is 0.227 e. The molecule has 3 nitrogen and oxygen atoms in total. The number of hydrogen-bond donors (Lipinski definition) is 0. The second-order valence-electron chi connectivity index (χ2n) is 5.22. The maximum absolute atomic E-state index is 12.2. The molecule has 2 unspecified atom stereocenters. The van der Waals surface area contributed by atoms with Crippen LogP contribution in [0.25, 0.3) is 0 Å². The average molecular weight is 247 g/mol. The van der Waals surface area contributed by atoms with Crippen LogP contribution < -0.4 is 0 Å². The van der Waals surface area contributed by atoms with E-state index in [4.69, 9.17) is 4.74 Å². The molecule has 2 rings (SSSR count). The van der Waals surface area contributed by atoms with Gasteiger partial charge in [-0.3, -0.25) is 4.79 Å². The summed E-state index contributed by atoms with van der Waals surface area (Å²) >= 11 is 0. The van der Waals surface area contributed by atoms with Crippen LogP contribution in [0.15, 0.2) is 24.3 Å². The molecule has 0 aliphatic carbocycles. The Hall–Kier alpha value is -1.35. The van der Waals surface area contributed by atoms with Crippen LogP contribution in [0.1, 0.15) is 25.0 Å². The highest BCUT2D eigenvalue weighted by atomic mass is 16.5. The normalized spacial score (nSPS) is 24.1. The van der Waals surface area contributed by atoms with Crippen molar-refractivity contribution >= 4 is 5.91 Å². The second-order valence-corrected chi connectivity index (χ2v) is 5.22. The van der Waals surface area contributed by atoms with Crippen LogP contribution in [0, 0.1) is 6.92 Å². The summed E-state index contributed by atoms with van der Waals surface area (Å²) in [6.45, 7) is 7.49.